The molecule has 15 heavy (non-hydrogen) atoms. The molecule has 1 fully saturated rings. The standard InChI is InChI=1S/C12H18N2O/c1-2-13-12(15)10-6-5-7-11(10)14-8-3-4-9-14/h2H,1,3-9H2,(H,13,15). The second-order valence-electron chi connectivity index (χ2n) is 4.15. The highest BCUT2D eigenvalue weighted by atomic mass is 16.1. The molecule has 0 spiro atoms. The van der Waals surface area contributed by atoms with Crippen molar-refractivity contribution < 1.29 is 4.79 Å². The number of nitrogens with one attached hydrogen (secondary N) is 1. The first-order valence-corrected chi connectivity index (χ1v) is 5.71. The van der Waals surface area contributed by atoms with Crippen molar-refractivity contribution in [1.29, 1.82) is 0 Å². The molecule has 1 amide bonds. The Hall–Kier alpha value is -1.25. The molecule has 0 aromatic carbocycles. The highest BCUT2D eigenvalue weighted by Crippen LogP contribution is 2.31. The second kappa shape index (κ2) is 4.51. The first-order valence-electron chi connectivity index (χ1n) is 5.71. The van der Waals surface area contributed by atoms with Crippen molar-refractivity contribution in [2.75, 3.05) is 13.1 Å². The fraction of sp³-hybridized carbons (Fsp3) is 0.583. The zero-order valence-electron chi connectivity index (χ0n) is 9.09. The number of hydrogen-bond acceptors (Lipinski definition) is 2. The van der Waals surface area contributed by atoms with Crippen LogP contribution in [-0.4, -0.2) is 23.9 Å². The van der Waals surface area contributed by atoms with Crippen LogP contribution in [0.25, 0.3) is 0 Å². The number of carbonyl (C=O) groups excluding carboxylic acids is 1. The average molecular weight is 206 g/mol. The van der Waals surface area contributed by atoms with Crippen molar-refractivity contribution in [2.24, 2.45) is 0 Å². The van der Waals surface area contributed by atoms with Gasteiger partial charge in [0.15, 0.2) is 0 Å². The Balaban J connectivity index is 2.14. The van der Waals surface area contributed by atoms with Gasteiger partial charge in [-0.05, 0) is 38.3 Å². The summed E-state index contributed by atoms with van der Waals surface area (Å²) in [6.45, 7) is 5.78. The monoisotopic (exact) mass is 206 g/mol. The normalized spacial score (nSPS) is 20.9. The molecule has 0 saturated carbocycles. The average Bonchev–Trinajstić information content (AvgIpc) is 2.88. The largest absolute Gasteiger partial charge is 0.374 e. The number of nitrogens with zero attached hydrogens (tertiary/aromatic N) is 1. The van der Waals surface area contributed by atoms with Crippen molar-refractivity contribution in [2.45, 2.75) is 32.1 Å². The van der Waals surface area contributed by atoms with E-state index in [1.54, 1.807) is 0 Å². The molecule has 0 radical (unpaired) electrons. The summed E-state index contributed by atoms with van der Waals surface area (Å²) in [4.78, 5) is 14.1. The van der Waals surface area contributed by atoms with Crippen LogP contribution in [0.3, 0.4) is 0 Å². The van der Waals surface area contributed by atoms with Gasteiger partial charge in [0.2, 0.25) is 0 Å². The van der Waals surface area contributed by atoms with E-state index in [1.165, 1.54) is 24.7 Å². The zero-order chi connectivity index (χ0) is 10.7. The molecule has 3 nitrogen and oxygen atoms in total. The van der Waals surface area contributed by atoms with Crippen molar-refractivity contribution in [3.63, 3.8) is 0 Å². The van der Waals surface area contributed by atoms with Crippen LogP contribution < -0.4 is 5.32 Å². The second-order valence-corrected chi connectivity index (χ2v) is 4.15. The van der Waals surface area contributed by atoms with E-state index in [1.807, 2.05) is 0 Å². The third-order valence-corrected chi connectivity index (χ3v) is 3.18. The fourth-order valence-corrected chi connectivity index (χ4v) is 2.49. The number of amides is 1. The smallest absolute Gasteiger partial charge is 0.252 e. The highest BCUT2D eigenvalue weighted by Gasteiger charge is 2.25. The lowest BCUT2D eigenvalue weighted by atomic mass is 10.2. The highest BCUT2D eigenvalue weighted by molar-refractivity contribution is 5.95. The van der Waals surface area contributed by atoms with Crippen molar-refractivity contribution in [3.8, 4) is 0 Å². The van der Waals surface area contributed by atoms with Crippen molar-refractivity contribution >= 4 is 5.91 Å². The fourth-order valence-electron chi connectivity index (χ4n) is 2.49. The molecule has 82 valence electrons. The first-order chi connectivity index (χ1) is 7.33. The molecule has 0 atom stereocenters. The predicted molar refractivity (Wildman–Crippen MR) is 60.0 cm³/mol. The van der Waals surface area contributed by atoms with Gasteiger partial charge in [-0.1, -0.05) is 6.58 Å². The number of rotatable bonds is 3. The van der Waals surface area contributed by atoms with Crippen LogP contribution in [0.2, 0.25) is 0 Å². The van der Waals surface area contributed by atoms with E-state index in [0.717, 1.165) is 37.9 Å². The lowest BCUT2D eigenvalue weighted by molar-refractivity contribution is -0.116. The minimum Gasteiger partial charge on any atom is -0.374 e. The van der Waals surface area contributed by atoms with E-state index in [-0.39, 0.29) is 5.91 Å². The Bertz CT molecular complexity index is 301. The van der Waals surface area contributed by atoms with Gasteiger partial charge in [0.1, 0.15) is 0 Å². The maximum absolute atomic E-state index is 11.7. The molecule has 1 aliphatic heterocycles. The molecule has 0 aromatic heterocycles. The van der Waals surface area contributed by atoms with Gasteiger partial charge in [-0.15, -0.1) is 0 Å². The summed E-state index contributed by atoms with van der Waals surface area (Å²) >= 11 is 0. The minimum absolute atomic E-state index is 0.0457. The maximum atomic E-state index is 11.7. The third kappa shape index (κ3) is 2.06. The molecule has 0 unspecified atom stereocenters. The maximum Gasteiger partial charge on any atom is 0.252 e. The van der Waals surface area contributed by atoms with Gasteiger partial charge in [0.05, 0.1) is 0 Å². The summed E-state index contributed by atoms with van der Waals surface area (Å²) < 4.78 is 0. The van der Waals surface area contributed by atoms with E-state index >= 15 is 0 Å². The molecule has 0 bridgehead atoms. The summed E-state index contributed by atoms with van der Waals surface area (Å²) in [5.41, 5.74) is 2.27. The van der Waals surface area contributed by atoms with Crippen LogP contribution >= 0.6 is 0 Å². The predicted octanol–water partition coefficient (Wildman–Crippen LogP) is 1.78. The van der Waals surface area contributed by atoms with Crippen molar-refractivity contribution in [3.05, 3.63) is 24.0 Å². The Morgan fingerprint density at radius 2 is 2.00 bits per heavy atom. The molecule has 0 aromatic rings. The zero-order valence-corrected chi connectivity index (χ0v) is 9.09. The van der Waals surface area contributed by atoms with Crippen LogP contribution in [0.4, 0.5) is 0 Å². The molecule has 1 aliphatic carbocycles. The molecule has 3 heteroatoms. The number of hydrogen-bond donors (Lipinski definition) is 1. The van der Waals surface area contributed by atoms with E-state index in [0.29, 0.717) is 0 Å². The van der Waals surface area contributed by atoms with E-state index in [9.17, 15) is 4.79 Å². The summed E-state index contributed by atoms with van der Waals surface area (Å²) in [6.07, 6.45) is 7.10. The SMILES string of the molecule is C=CNC(=O)C1=C(N2CCCC2)CCC1. The Morgan fingerprint density at radius 1 is 1.27 bits per heavy atom. The van der Waals surface area contributed by atoms with Crippen molar-refractivity contribution in [1.82, 2.24) is 10.2 Å². The Morgan fingerprint density at radius 3 is 2.67 bits per heavy atom. The van der Waals surface area contributed by atoms with Crippen LogP contribution in [0, 0.1) is 0 Å². The number of likely N-dealkylation sites (tertiary alicyclic amines) is 1. The Labute approximate surface area is 90.8 Å². The van der Waals surface area contributed by atoms with Crippen LogP contribution in [-0.2, 0) is 4.79 Å². The Kier molecular flexibility index (Phi) is 3.09. The molecule has 1 saturated heterocycles. The van der Waals surface area contributed by atoms with Crippen LogP contribution in [0.1, 0.15) is 32.1 Å². The van der Waals surface area contributed by atoms with Gasteiger partial charge in [-0.2, -0.15) is 0 Å². The van der Waals surface area contributed by atoms with Gasteiger partial charge >= 0.3 is 0 Å². The molecule has 2 aliphatic rings. The molecule has 1 heterocycles. The lowest BCUT2D eigenvalue weighted by Gasteiger charge is -2.20. The lowest BCUT2D eigenvalue weighted by Crippen LogP contribution is -2.24. The number of carbonyl (C=O) groups is 1. The van der Waals surface area contributed by atoms with Crippen LogP contribution in [0.5, 0.6) is 0 Å². The minimum atomic E-state index is 0.0457. The summed E-state index contributed by atoms with van der Waals surface area (Å²) in [6, 6.07) is 0. The molecular weight excluding hydrogens is 188 g/mol. The van der Waals surface area contributed by atoms with Gasteiger partial charge < -0.3 is 10.2 Å². The summed E-state index contributed by atoms with van der Waals surface area (Å²) in [7, 11) is 0. The molecule has 1 N–H and O–H groups in total. The van der Waals surface area contributed by atoms with Gasteiger partial charge in [0, 0.05) is 24.4 Å². The molecule has 2 rings (SSSR count). The topological polar surface area (TPSA) is 32.3 Å². The van der Waals surface area contributed by atoms with Gasteiger partial charge in [0.25, 0.3) is 5.91 Å². The summed E-state index contributed by atoms with van der Waals surface area (Å²) in [5.74, 6) is 0.0457. The van der Waals surface area contributed by atoms with Gasteiger partial charge in [-0.3, -0.25) is 4.79 Å². The first kappa shape index (κ1) is 10.3. The van der Waals surface area contributed by atoms with E-state index in [4.69, 9.17) is 0 Å². The van der Waals surface area contributed by atoms with Gasteiger partial charge in [-0.25, -0.2) is 0 Å². The summed E-state index contributed by atoms with van der Waals surface area (Å²) in [5, 5.41) is 2.68. The van der Waals surface area contributed by atoms with E-state index < -0.39 is 0 Å². The van der Waals surface area contributed by atoms with E-state index in [2.05, 4.69) is 16.8 Å². The quantitative estimate of drug-likeness (QED) is 0.763. The van der Waals surface area contributed by atoms with Crippen LogP contribution in [0.15, 0.2) is 24.0 Å². The number of allylic oxidation sites excluding steroid dienone is 1. The third-order valence-electron chi connectivity index (χ3n) is 3.18. The molecular formula is C12H18N2O.